The van der Waals surface area contributed by atoms with Gasteiger partial charge >= 0.3 is 0 Å². The van der Waals surface area contributed by atoms with Crippen molar-refractivity contribution < 1.29 is 9.72 Å². The Morgan fingerprint density at radius 2 is 1.96 bits per heavy atom. The highest BCUT2D eigenvalue weighted by molar-refractivity contribution is 6.31. The number of anilines is 1. The zero-order valence-corrected chi connectivity index (χ0v) is 13.3. The van der Waals surface area contributed by atoms with Crippen molar-refractivity contribution in [3.05, 3.63) is 69.2 Å². The highest BCUT2D eigenvalue weighted by Gasteiger charge is 2.20. The summed E-state index contributed by atoms with van der Waals surface area (Å²) in [6.07, 6.45) is 0. The molecule has 2 aromatic carbocycles. The van der Waals surface area contributed by atoms with Gasteiger partial charge in [0.25, 0.3) is 11.6 Å². The van der Waals surface area contributed by atoms with E-state index in [2.05, 4.69) is 5.32 Å². The van der Waals surface area contributed by atoms with Gasteiger partial charge in [0.2, 0.25) is 0 Å². The van der Waals surface area contributed by atoms with E-state index in [0.29, 0.717) is 13.1 Å². The molecular formula is C16H16ClN3O3. The Bertz CT molecular complexity index is 707. The number of para-hydroxylation sites is 1. The van der Waals surface area contributed by atoms with Crippen molar-refractivity contribution >= 4 is 28.9 Å². The van der Waals surface area contributed by atoms with Crippen molar-refractivity contribution in [3.63, 3.8) is 0 Å². The molecule has 0 fully saturated rings. The number of hydrogen-bond acceptors (Lipinski definition) is 4. The van der Waals surface area contributed by atoms with E-state index in [1.165, 1.54) is 18.2 Å². The van der Waals surface area contributed by atoms with Crippen molar-refractivity contribution in [3.8, 4) is 0 Å². The third-order valence-corrected chi connectivity index (χ3v) is 3.56. The molecule has 2 rings (SSSR count). The quantitative estimate of drug-likeness (QED) is 0.651. The van der Waals surface area contributed by atoms with Gasteiger partial charge in [-0.15, -0.1) is 0 Å². The maximum absolute atomic E-state index is 12.1. The van der Waals surface area contributed by atoms with E-state index in [-0.39, 0.29) is 16.3 Å². The van der Waals surface area contributed by atoms with Gasteiger partial charge in [-0.2, -0.15) is 0 Å². The van der Waals surface area contributed by atoms with E-state index >= 15 is 0 Å². The van der Waals surface area contributed by atoms with E-state index in [9.17, 15) is 14.9 Å². The molecule has 0 radical (unpaired) electrons. The van der Waals surface area contributed by atoms with Crippen LogP contribution in [0.4, 0.5) is 11.4 Å². The lowest BCUT2D eigenvalue weighted by Crippen LogP contribution is -2.33. The predicted molar refractivity (Wildman–Crippen MR) is 90.2 cm³/mol. The molecule has 0 aliphatic heterocycles. The number of carbonyl (C=O) groups is 1. The number of halogens is 1. The summed E-state index contributed by atoms with van der Waals surface area (Å²) < 4.78 is 0. The van der Waals surface area contributed by atoms with Crippen LogP contribution in [0, 0.1) is 10.1 Å². The number of hydrogen-bond donors (Lipinski definition) is 1. The molecule has 0 saturated carbocycles. The topological polar surface area (TPSA) is 75.5 Å². The molecule has 2 aromatic rings. The van der Waals surface area contributed by atoms with E-state index in [1.807, 2.05) is 42.3 Å². The van der Waals surface area contributed by atoms with Crippen LogP contribution in [0.1, 0.15) is 10.4 Å². The van der Waals surface area contributed by atoms with Gasteiger partial charge in [0, 0.05) is 36.9 Å². The van der Waals surface area contributed by atoms with Crippen LogP contribution in [0.3, 0.4) is 0 Å². The summed E-state index contributed by atoms with van der Waals surface area (Å²) in [5.41, 5.74) is 0.726. The first-order valence-electron chi connectivity index (χ1n) is 6.97. The second kappa shape index (κ2) is 7.60. The predicted octanol–water partition coefficient (Wildman–Crippen LogP) is 3.11. The minimum absolute atomic E-state index is 0.0372. The van der Waals surface area contributed by atoms with Gasteiger partial charge in [0.1, 0.15) is 5.56 Å². The summed E-state index contributed by atoms with van der Waals surface area (Å²) in [5.74, 6) is -0.513. The molecule has 0 aromatic heterocycles. The fraction of sp³-hybridized carbons (Fsp3) is 0.188. The van der Waals surface area contributed by atoms with E-state index < -0.39 is 10.8 Å². The summed E-state index contributed by atoms with van der Waals surface area (Å²) in [6.45, 7) is 0.929. The lowest BCUT2D eigenvalue weighted by molar-refractivity contribution is -0.385. The Balaban J connectivity index is 1.98. The molecule has 7 heteroatoms. The molecular weight excluding hydrogens is 318 g/mol. The Labute approximate surface area is 138 Å². The molecule has 0 spiro atoms. The summed E-state index contributed by atoms with van der Waals surface area (Å²) in [6, 6.07) is 13.6. The molecule has 0 heterocycles. The maximum Gasteiger partial charge on any atom is 0.282 e. The lowest BCUT2D eigenvalue weighted by atomic mass is 10.1. The highest BCUT2D eigenvalue weighted by atomic mass is 35.5. The van der Waals surface area contributed by atoms with Gasteiger partial charge in [-0.1, -0.05) is 29.8 Å². The van der Waals surface area contributed by atoms with Crippen LogP contribution < -0.4 is 10.2 Å². The van der Waals surface area contributed by atoms with Crippen molar-refractivity contribution in [1.29, 1.82) is 0 Å². The van der Waals surface area contributed by atoms with Gasteiger partial charge in [-0.25, -0.2) is 0 Å². The monoisotopic (exact) mass is 333 g/mol. The highest BCUT2D eigenvalue weighted by Crippen LogP contribution is 2.22. The van der Waals surface area contributed by atoms with Crippen LogP contribution in [-0.4, -0.2) is 31.0 Å². The van der Waals surface area contributed by atoms with E-state index in [1.54, 1.807) is 0 Å². The maximum atomic E-state index is 12.1. The number of nitrogens with zero attached hydrogens (tertiary/aromatic N) is 2. The number of nitro benzene ring substituents is 1. The number of carbonyl (C=O) groups excluding carboxylic acids is 1. The molecule has 0 unspecified atom stereocenters. The third-order valence-electron chi connectivity index (χ3n) is 3.33. The van der Waals surface area contributed by atoms with Gasteiger partial charge in [-0.05, 0) is 24.3 Å². The first-order valence-corrected chi connectivity index (χ1v) is 7.35. The molecule has 0 saturated heterocycles. The fourth-order valence-corrected chi connectivity index (χ4v) is 2.27. The summed E-state index contributed by atoms with van der Waals surface area (Å²) in [5, 5.41) is 13.9. The lowest BCUT2D eigenvalue weighted by Gasteiger charge is -2.19. The molecule has 1 amide bonds. The fourth-order valence-electron chi connectivity index (χ4n) is 2.09. The molecule has 0 aliphatic rings. The van der Waals surface area contributed by atoms with Crippen LogP contribution in [0.5, 0.6) is 0 Å². The Kier molecular flexibility index (Phi) is 5.54. The number of amides is 1. The summed E-state index contributed by atoms with van der Waals surface area (Å²) in [7, 11) is 1.91. The van der Waals surface area contributed by atoms with Crippen molar-refractivity contribution in [2.24, 2.45) is 0 Å². The molecule has 1 N–H and O–H groups in total. The number of likely N-dealkylation sites (N-methyl/N-ethyl adjacent to an activating group) is 1. The Hall–Kier alpha value is -2.60. The van der Waals surface area contributed by atoms with Crippen molar-refractivity contribution in [2.45, 2.75) is 0 Å². The largest absolute Gasteiger partial charge is 0.373 e. The molecule has 0 aliphatic carbocycles. The van der Waals surface area contributed by atoms with Gasteiger partial charge in [0.15, 0.2) is 0 Å². The van der Waals surface area contributed by atoms with Crippen LogP contribution >= 0.6 is 11.6 Å². The van der Waals surface area contributed by atoms with Crippen molar-refractivity contribution in [2.75, 3.05) is 25.0 Å². The van der Waals surface area contributed by atoms with E-state index in [4.69, 9.17) is 11.6 Å². The number of benzene rings is 2. The SMILES string of the molecule is CN(CCNC(=O)c1cc(Cl)ccc1[N+](=O)[O-])c1ccccc1. The first kappa shape index (κ1) is 16.8. The zero-order valence-electron chi connectivity index (χ0n) is 12.5. The minimum atomic E-state index is -0.596. The van der Waals surface area contributed by atoms with Crippen LogP contribution in [-0.2, 0) is 0 Å². The number of nitro groups is 1. The van der Waals surface area contributed by atoms with Gasteiger partial charge < -0.3 is 10.2 Å². The smallest absolute Gasteiger partial charge is 0.282 e. The average Bonchev–Trinajstić information content (AvgIpc) is 2.55. The molecule has 120 valence electrons. The van der Waals surface area contributed by atoms with Gasteiger partial charge in [0.05, 0.1) is 4.92 Å². The molecule has 23 heavy (non-hydrogen) atoms. The Morgan fingerprint density at radius 1 is 1.26 bits per heavy atom. The number of rotatable bonds is 6. The zero-order chi connectivity index (χ0) is 16.8. The Morgan fingerprint density at radius 3 is 2.61 bits per heavy atom. The minimum Gasteiger partial charge on any atom is -0.373 e. The van der Waals surface area contributed by atoms with E-state index in [0.717, 1.165) is 5.69 Å². The standard InChI is InChI=1S/C16H16ClN3O3/c1-19(13-5-3-2-4-6-13)10-9-18-16(21)14-11-12(17)7-8-15(14)20(22)23/h2-8,11H,9-10H2,1H3,(H,18,21). The summed E-state index contributed by atoms with van der Waals surface area (Å²) in [4.78, 5) is 24.5. The molecule has 0 bridgehead atoms. The second-order valence-corrected chi connectivity index (χ2v) is 5.37. The second-order valence-electron chi connectivity index (χ2n) is 4.93. The van der Waals surface area contributed by atoms with Crippen molar-refractivity contribution in [1.82, 2.24) is 5.32 Å². The number of nitrogens with one attached hydrogen (secondary N) is 1. The normalized spacial score (nSPS) is 10.2. The van der Waals surface area contributed by atoms with Crippen LogP contribution in [0.2, 0.25) is 5.02 Å². The molecule has 0 atom stereocenters. The van der Waals surface area contributed by atoms with Crippen LogP contribution in [0.25, 0.3) is 0 Å². The third kappa shape index (κ3) is 4.43. The average molecular weight is 334 g/mol. The molecule has 6 nitrogen and oxygen atoms in total. The summed E-state index contributed by atoms with van der Waals surface area (Å²) >= 11 is 5.82. The van der Waals surface area contributed by atoms with Gasteiger partial charge in [-0.3, -0.25) is 14.9 Å². The van der Waals surface area contributed by atoms with Crippen LogP contribution in [0.15, 0.2) is 48.5 Å². The first-order chi connectivity index (χ1) is 11.0.